The maximum absolute atomic E-state index is 11.3. The van der Waals surface area contributed by atoms with E-state index in [4.69, 9.17) is 9.84 Å². The van der Waals surface area contributed by atoms with Crippen molar-refractivity contribution in [2.45, 2.75) is 6.61 Å². The first kappa shape index (κ1) is 15.3. The molecule has 0 aliphatic rings. The third-order valence-electron chi connectivity index (χ3n) is 3.05. The minimum Gasteiger partial charge on any atom is -0.482 e. The SMILES string of the molecule is CN(C(=O)O)c1cccc(OCc2ccccc2)c1[N+](=O)[O-]. The van der Waals surface area contributed by atoms with Gasteiger partial charge in [-0.15, -0.1) is 0 Å². The van der Waals surface area contributed by atoms with Crippen LogP contribution in [0.3, 0.4) is 0 Å². The van der Waals surface area contributed by atoms with Crippen molar-refractivity contribution in [3.63, 3.8) is 0 Å². The Morgan fingerprint density at radius 3 is 2.50 bits per heavy atom. The Morgan fingerprint density at radius 2 is 1.91 bits per heavy atom. The molecule has 7 nitrogen and oxygen atoms in total. The Kier molecular flexibility index (Phi) is 4.57. The van der Waals surface area contributed by atoms with Crippen molar-refractivity contribution in [2.24, 2.45) is 0 Å². The number of carbonyl (C=O) groups is 1. The highest BCUT2D eigenvalue weighted by molar-refractivity contribution is 5.89. The second-order valence-electron chi connectivity index (χ2n) is 4.50. The van der Waals surface area contributed by atoms with Crippen LogP contribution in [-0.2, 0) is 6.61 Å². The topological polar surface area (TPSA) is 92.9 Å². The van der Waals surface area contributed by atoms with E-state index in [-0.39, 0.29) is 23.7 Å². The monoisotopic (exact) mass is 302 g/mol. The van der Waals surface area contributed by atoms with E-state index in [1.165, 1.54) is 25.2 Å². The molecular weight excluding hydrogens is 288 g/mol. The van der Waals surface area contributed by atoms with Crippen molar-refractivity contribution in [2.75, 3.05) is 11.9 Å². The number of para-hydroxylation sites is 1. The first-order chi connectivity index (χ1) is 10.5. The number of hydrogen-bond donors (Lipinski definition) is 1. The first-order valence-electron chi connectivity index (χ1n) is 6.41. The fourth-order valence-electron chi connectivity index (χ4n) is 1.92. The molecule has 114 valence electrons. The van der Waals surface area contributed by atoms with Crippen LogP contribution in [0.15, 0.2) is 48.5 Å². The molecule has 0 saturated heterocycles. The average Bonchev–Trinajstić information content (AvgIpc) is 2.52. The molecule has 7 heteroatoms. The predicted molar refractivity (Wildman–Crippen MR) is 80.3 cm³/mol. The number of rotatable bonds is 5. The maximum atomic E-state index is 11.3. The number of benzene rings is 2. The van der Waals surface area contributed by atoms with Crippen molar-refractivity contribution >= 4 is 17.5 Å². The number of nitrogens with zero attached hydrogens (tertiary/aromatic N) is 2. The lowest BCUT2D eigenvalue weighted by molar-refractivity contribution is -0.385. The van der Waals surface area contributed by atoms with E-state index < -0.39 is 11.0 Å². The quantitative estimate of drug-likeness (QED) is 0.675. The summed E-state index contributed by atoms with van der Waals surface area (Å²) >= 11 is 0. The third-order valence-corrected chi connectivity index (χ3v) is 3.05. The minimum atomic E-state index is -1.29. The lowest BCUT2D eigenvalue weighted by atomic mass is 10.2. The molecule has 0 aliphatic carbocycles. The Morgan fingerprint density at radius 1 is 1.23 bits per heavy atom. The Labute approximate surface area is 126 Å². The maximum Gasteiger partial charge on any atom is 0.411 e. The molecule has 0 aromatic heterocycles. The van der Waals surface area contributed by atoms with Gasteiger partial charge in [0.25, 0.3) is 0 Å². The van der Waals surface area contributed by atoms with E-state index >= 15 is 0 Å². The average molecular weight is 302 g/mol. The zero-order chi connectivity index (χ0) is 16.1. The lowest BCUT2D eigenvalue weighted by Gasteiger charge is -2.15. The number of anilines is 1. The van der Waals surface area contributed by atoms with E-state index in [1.54, 1.807) is 0 Å². The van der Waals surface area contributed by atoms with Crippen LogP contribution in [0.2, 0.25) is 0 Å². The molecule has 0 atom stereocenters. The Bertz CT molecular complexity index is 688. The predicted octanol–water partition coefficient (Wildman–Crippen LogP) is 3.29. The molecule has 0 radical (unpaired) electrons. The first-order valence-corrected chi connectivity index (χ1v) is 6.41. The van der Waals surface area contributed by atoms with Crippen LogP contribution in [-0.4, -0.2) is 23.2 Å². The molecule has 1 amide bonds. The number of carboxylic acid groups (broad SMARTS) is 1. The summed E-state index contributed by atoms with van der Waals surface area (Å²) in [5.41, 5.74) is 0.445. The van der Waals surface area contributed by atoms with E-state index in [9.17, 15) is 14.9 Å². The molecule has 0 fully saturated rings. The highest BCUT2D eigenvalue weighted by Gasteiger charge is 2.26. The standard InChI is InChI=1S/C15H14N2O5/c1-16(15(18)19)12-8-5-9-13(14(12)17(20)21)22-10-11-6-3-2-4-7-11/h2-9H,10H2,1H3,(H,18,19). The molecule has 22 heavy (non-hydrogen) atoms. The normalized spacial score (nSPS) is 10.0. The smallest absolute Gasteiger partial charge is 0.411 e. The van der Waals surface area contributed by atoms with Crippen LogP contribution in [0.5, 0.6) is 5.75 Å². The van der Waals surface area contributed by atoms with Gasteiger partial charge in [0.05, 0.1) is 4.92 Å². The number of nitro benzene ring substituents is 1. The molecule has 2 aromatic rings. The van der Waals surface area contributed by atoms with Crippen LogP contribution in [0, 0.1) is 10.1 Å². The molecule has 0 bridgehead atoms. The van der Waals surface area contributed by atoms with Crippen LogP contribution in [0.25, 0.3) is 0 Å². The summed E-state index contributed by atoms with van der Waals surface area (Å²) in [5, 5.41) is 20.3. The zero-order valence-electron chi connectivity index (χ0n) is 11.8. The van der Waals surface area contributed by atoms with Gasteiger partial charge in [0.1, 0.15) is 12.3 Å². The fraction of sp³-hybridized carbons (Fsp3) is 0.133. The van der Waals surface area contributed by atoms with Gasteiger partial charge in [-0.2, -0.15) is 0 Å². The van der Waals surface area contributed by atoms with Crippen LogP contribution >= 0.6 is 0 Å². The highest BCUT2D eigenvalue weighted by Crippen LogP contribution is 2.37. The Balaban J connectivity index is 2.33. The highest BCUT2D eigenvalue weighted by atomic mass is 16.6. The van der Waals surface area contributed by atoms with Crippen LogP contribution in [0.1, 0.15) is 5.56 Å². The molecular formula is C15H14N2O5. The van der Waals surface area contributed by atoms with Gasteiger partial charge in [-0.25, -0.2) is 4.79 Å². The summed E-state index contributed by atoms with van der Waals surface area (Å²) in [5.74, 6) is 0.0273. The molecule has 0 spiro atoms. The van der Waals surface area contributed by atoms with Crippen molar-refractivity contribution in [3.05, 3.63) is 64.2 Å². The largest absolute Gasteiger partial charge is 0.482 e. The molecule has 0 unspecified atom stereocenters. The lowest BCUT2D eigenvalue weighted by Crippen LogP contribution is -2.24. The minimum absolute atomic E-state index is 0.0273. The van der Waals surface area contributed by atoms with E-state index in [2.05, 4.69) is 0 Å². The summed E-state index contributed by atoms with van der Waals surface area (Å²) in [7, 11) is 1.24. The summed E-state index contributed by atoms with van der Waals surface area (Å²) in [4.78, 5) is 22.5. The van der Waals surface area contributed by atoms with Crippen molar-refractivity contribution in [1.29, 1.82) is 0 Å². The second-order valence-corrected chi connectivity index (χ2v) is 4.50. The van der Waals surface area contributed by atoms with Crippen molar-refractivity contribution in [3.8, 4) is 5.75 Å². The molecule has 2 aromatic carbocycles. The number of ether oxygens (including phenoxy) is 1. The van der Waals surface area contributed by atoms with Gasteiger partial charge < -0.3 is 9.84 Å². The van der Waals surface area contributed by atoms with Crippen molar-refractivity contribution in [1.82, 2.24) is 0 Å². The van der Waals surface area contributed by atoms with Gasteiger partial charge in [0, 0.05) is 7.05 Å². The van der Waals surface area contributed by atoms with Gasteiger partial charge in [-0.05, 0) is 17.7 Å². The van der Waals surface area contributed by atoms with Gasteiger partial charge in [0.15, 0.2) is 5.75 Å². The number of amides is 1. The summed E-state index contributed by atoms with van der Waals surface area (Å²) in [6.07, 6.45) is -1.29. The van der Waals surface area contributed by atoms with Gasteiger partial charge in [-0.1, -0.05) is 36.4 Å². The summed E-state index contributed by atoms with van der Waals surface area (Å²) in [6.45, 7) is 0.155. The second kappa shape index (κ2) is 6.57. The van der Waals surface area contributed by atoms with E-state index in [0.717, 1.165) is 10.5 Å². The molecule has 0 saturated carbocycles. The molecule has 1 N–H and O–H groups in total. The molecule has 0 heterocycles. The summed E-state index contributed by atoms with van der Waals surface area (Å²) in [6, 6.07) is 13.5. The molecule has 2 rings (SSSR count). The van der Waals surface area contributed by atoms with E-state index in [1.807, 2.05) is 30.3 Å². The van der Waals surface area contributed by atoms with Gasteiger partial charge in [-0.3, -0.25) is 15.0 Å². The fourth-order valence-corrected chi connectivity index (χ4v) is 1.92. The Hall–Kier alpha value is -3.09. The zero-order valence-corrected chi connectivity index (χ0v) is 11.8. The third kappa shape index (κ3) is 3.32. The van der Waals surface area contributed by atoms with Crippen molar-refractivity contribution < 1.29 is 19.6 Å². The van der Waals surface area contributed by atoms with Crippen LogP contribution in [0.4, 0.5) is 16.2 Å². The van der Waals surface area contributed by atoms with E-state index in [0.29, 0.717) is 0 Å². The van der Waals surface area contributed by atoms with Gasteiger partial charge in [0.2, 0.25) is 0 Å². The van der Waals surface area contributed by atoms with Gasteiger partial charge >= 0.3 is 11.8 Å². The number of nitro groups is 1. The summed E-state index contributed by atoms with van der Waals surface area (Å²) < 4.78 is 5.49. The van der Waals surface area contributed by atoms with Crippen LogP contribution < -0.4 is 9.64 Å². The number of hydrogen-bond acceptors (Lipinski definition) is 4. The molecule has 0 aliphatic heterocycles.